The normalized spacial score (nSPS) is 11.2. The van der Waals surface area contributed by atoms with E-state index in [0.29, 0.717) is 12.1 Å². The molecule has 0 spiro atoms. The van der Waals surface area contributed by atoms with Crippen molar-refractivity contribution in [3.8, 4) is 5.75 Å². The Labute approximate surface area is 203 Å². The van der Waals surface area contributed by atoms with E-state index in [-0.39, 0.29) is 39.4 Å². The highest BCUT2D eigenvalue weighted by molar-refractivity contribution is 9.10. The predicted molar refractivity (Wildman–Crippen MR) is 130 cm³/mol. The molecule has 0 aliphatic carbocycles. The zero-order chi connectivity index (χ0) is 24.7. The van der Waals surface area contributed by atoms with E-state index < -0.39 is 16.6 Å². The summed E-state index contributed by atoms with van der Waals surface area (Å²) in [6, 6.07) is 5.37. The molecule has 0 aliphatic heterocycles. The summed E-state index contributed by atoms with van der Waals surface area (Å²) in [5.74, 6) is -2.00. The summed E-state index contributed by atoms with van der Waals surface area (Å²) in [5, 5.41) is 17.9. The lowest BCUT2D eigenvalue weighted by Gasteiger charge is -2.12. The van der Waals surface area contributed by atoms with Crippen molar-refractivity contribution in [1.82, 2.24) is 20.2 Å². The van der Waals surface area contributed by atoms with Crippen LogP contribution in [0.25, 0.3) is 10.9 Å². The first kappa shape index (κ1) is 25.7. The molecule has 0 bridgehead atoms. The SMILES string of the molecule is CN(C)CCCCNCCOc1cc2ncnc(Nc3ccc(Br)c(F)c3F)c2cc1[N+](=O)[O-]. The van der Waals surface area contributed by atoms with Gasteiger partial charge in [0.2, 0.25) is 0 Å². The summed E-state index contributed by atoms with van der Waals surface area (Å²) in [6.45, 7) is 2.61. The second-order valence-corrected chi connectivity index (χ2v) is 8.63. The van der Waals surface area contributed by atoms with Gasteiger partial charge in [0.1, 0.15) is 18.8 Å². The number of nitro benzene ring substituents is 1. The third-order valence-corrected chi connectivity index (χ3v) is 5.56. The number of rotatable bonds is 12. The molecule has 1 aromatic heterocycles. The number of anilines is 2. The lowest BCUT2D eigenvalue weighted by Crippen LogP contribution is -2.23. The monoisotopic (exact) mass is 538 g/mol. The Bertz CT molecular complexity index is 1170. The number of nitrogens with zero attached hydrogens (tertiary/aromatic N) is 4. The van der Waals surface area contributed by atoms with Gasteiger partial charge in [-0.25, -0.2) is 18.7 Å². The number of hydrogen-bond donors (Lipinski definition) is 2. The van der Waals surface area contributed by atoms with Crippen LogP contribution in [-0.4, -0.2) is 60.1 Å². The van der Waals surface area contributed by atoms with Gasteiger partial charge >= 0.3 is 5.69 Å². The van der Waals surface area contributed by atoms with Crippen molar-refractivity contribution >= 4 is 44.0 Å². The molecule has 3 rings (SSSR count). The number of unbranched alkanes of at least 4 members (excludes halogenated alkanes) is 1. The van der Waals surface area contributed by atoms with Crippen molar-refractivity contribution in [2.75, 3.05) is 45.7 Å². The van der Waals surface area contributed by atoms with E-state index in [9.17, 15) is 18.9 Å². The average Bonchev–Trinajstić information content (AvgIpc) is 2.80. The summed E-state index contributed by atoms with van der Waals surface area (Å²) < 4.78 is 33.8. The minimum absolute atomic E-state index is 0.0245. The third kappa shape index (κ3) is 6.55. The zero-order valence-electron chi connectivity index (χ0n) is 18.8. The zero-order valence-corrected chi connectivity index (χ0v) is 20.4. The second kappa shape index (κ2) is 12.0. The van der Waals surface area contributed by atoms with Crippen LogP contribution in [0.5, 0.6) is 5.75 Å². The highest BCUT2D eigenvalue weighted by atomic mass is 79.9. The van der Waals surface area contributed by atoms with Gasteiger partial charge in [-0.05, 0) is 68.1 Å². The fraction of sp³-hybridized carbons (Fsp3) is 0.364. The van der Waals surface area contributed by atoms with E-state index in [4.69, 9.17) is 4.74 Å². The molecule has 0 saturated heterocycles. The molecular weight excluding hydrogens is 514 g/mol. The highest BCUT2D eigenvalue weighted by Crippen LogP contribution is 2.35. The second-order valence-electron chi connectivity index (χ2n) is 7.77. The van der Waals surface area contributed by atoms with Crippen LogP contribution in [0.1, 0.15) is 12.8 Å². The van der Waals surface area contributed by atoms with E-state index in [0.717, 1.165) is 25.9 Å². The molecule has 0 aliphatic rings. The van der Waals surface area contributed by atoms with E-state index >= 15 is 0 Å². The van der Waals surface area contributed by atoms with Gasteiger partial charge in [-0.1, -0.05) is 0 Å². The molecule has 0 saturated carbocycles. The Morgan fingerprint density at radius 3 is 2.68 bits per heavy atom. The largest absolute Gasteiger partial charge is 0.485 e. The van der Waals surface area contributed by atoms with Gasteiger partial charge in [0.15, 0.2) is 17.4 Å². The van der Waals surface area contributed by atoms with Crippen molar-refractivity contribution in [3.63, 3.8) is 0 Å². The molecule has 182 valence electrons. The lowest BCUT2D eigenvalue weighted by molar-refractivity contribution is -0.385. The van der Waals surface area contributed by atoms with Gasteiger partial charge in [-0.3, -0.25) is 10.1 Å². The first-order chi connectivity index (χ1) is 16.3. The molecule has 1 heterocycles. The molecule has 2 aromatic carbocycles. The fourth-order valence-electron chi connectivity index (χ4n) is 3.22. The minimum Gasteiger partial charge on any atom is -0.485 e. The molecule has 3 aromatic rings. The quantitative estimate of drug-likeness (QED) is 0.149. The number of ether oxygens (including phenoxy) is 1. The number of hydrogen-bond acceptors (Lipinski definition) is 8. The summed E-state index contributed by atoms with van der Waals surface area (Å²) >= 11 is 2.92. The van der Waals surface area contributed by atoms with Crippen molar-refractivity contribution in [2.45, 2.75) is 12.8 Å². The van der Waals surface area contributed by atoms with Crippen LogP contribution in [0.15, 0.2) is 35.1 Å². The van der Waals surface area contributed by atoms with Gasteiger partial charge in [0, 0.05) is 18.7 Å². The summed E-state index contributed by atoms with van der Waals surface area (Å²) in [6.07, 6.45) is 3.32. The van der Waals surface area contributed by atoms with Gasteiger partial charge in [0.05, 0.1) is 26.0 Å². The van der Waals surface area contributed by atoms with Crippen molar-refractivity contribution in [3.05, 3.63) is 56.8 Å². The molecule has 2 N–H and O–H groups in total. The predicted octanol–water partition coefficient (Wildman–Crippen LogP) is 4.63. The molecule has 0 amide bonds. The highest BCUT2D eigenvalue weighted by Gasteiger charge is 2.20. The molecule has 12 heteroatoms. The first-order valence-electron chi connectivity index (χ1n) is 10.6. The van der Waals surface area contributed by atoms with Crippen molar-refractivity contribution < 1.29 is 18.4 Å². The van der Waals surface area contributed by atoms with Gasteiger partial charge in [-0.15, -0.1) is 0 Å². The Kier molecular flexibility index (Phi) is 9.02. The molecular formula is C22H25BrF2N6O3. The Morgan fingerprint density at radius 1 is 1.15 bits per heavy atom. The Hall–Kier alpha value is -2.96. The van der Waals surface area contributed by atoms with Crippen molar-refractivity contribution in [1.29, 1.82) is 0 Å². The average molecular weight is 539 g/mol. The molecule has 0 unspecified atom stereocenters. The van der Waals surface area contributed by atoms with E-state index in [1.165, 1.54) is 30.6 Å². The number of nitro groups is 1. The maximum atomic E-state index is 14.3. The van der Waals surface area contributed by atoms with E-state index in [2.05, 4.69) is 41.4 Å². The van der Waals surface area contributed by atoms with Crippen LogP contribution in [0.2, 0.25) is 0 Å². The van der Waals surface area contributed by atoms with Crippen molar-refractivity contribution in [2.24, 2.45) is 0 Å². The number of halogens is 3. The van der Waals surface area contributed by atoms with Crippen LogP contribution in [0.3, 0.4) is 0 Å². The molecule has 9 nitrogen and oxygen atoms in total. The van der Waals surface area contributed by atoms with Crippen LogP contribution in [0.4, 0.5) is 26.0 Å². The Balaban J connectivity index is 1.73. The summed E-state index contributed by atoms with van der Waals surface area (Å²) in [7, 11) is 4.06. The van der Waals surface area contributed by atoms with Crippen LogP contribution >= 0.6 is 15.9 Å². The summed E-state index contributed by atoms with van der Waals surface area (Å²) in [5.41, 5.74) is -0.0909. The van der Waals surface area contributed by atoms with Gasteiger partial charge in [0.25, 0.3) is 0 Å². The first-order valence-corrected chi connectivity index (χ1v) is 11.4. The smallest absolute Gasteiger partial charge is 0.311 e. The lowest BCUT2D eigenvalue weighted by atomic mass is 10.2. The van der Waals surface area contributed by atoms with Crippen LogP contribution in [-0.2, 0) is 0 Å². The van der Waals surface area contributed by atoms with E-state index in [1.54, 1.807) is 0 Å². The number of benzene rings is 2. The maximum Gasteiger partial charge on any atom is 0.311 e. The van der Waals surface area contributed by atoms with E-state index in [1.807, 2.05) is 14.1 Å². The topological polar surface area (TPSA) is 105 Å². The molecule has 0 radical (unpaired) electrons. The fourth-order valence-corrected chi connectivity index (χ4v) is 3.52. The van der Waals surface area contributed by atoms with Gasteiger partial charge < -0.3 is 20.3 Å². The summed E-state index contributed by atoms with van der Waals surface area (Å²) in [4.78, 5) is 21.4. The number of aromatic nitrogens is 2. The number of nitrogens with one attached hydrogen (secondary N) is 2. The molecule has 0 fully saturated rings. The number of fused-ring (bicyclic) bond motifs is 1. The Morgan fingerprint density at radius 2 is 1.94 bits per heavy atom. The molecule has 34 heavy (non-hydrogen) atoms. The third-order valence-electron chi connectivity index (χ3n) is 4.95. The standard InChI is InChI=1S/C22H25BrF2N6O3/c1-30(2)9-4-3-7-26-8-10-34-19-12-17-14(11-18(19)31(32)33)22(28-13-27-17)29-16-6-5-15(23)20(24)21(16)25/h5-6,11-13,26H,3-4,7-10H2,1-2H3,(H,27,28,29). The van der Waals surface area contributed by atoms with Crippen LogP contribution < -0.4 is 15.4 Å². The maximum absolute atomic E-state index is 14.3. The van der Waals surface area contributed by atoms with Gasteiger partial charge in [-0.2, -0.15) is 0 Å². The minimum atomic E-state index is -1.11. The van der Waals surface area contributed by atoms with Crippen LogP contribution in [0, 0.1) is 21.7 Å². The molecule has 0 atom stereocenters.